The van der Waals surface area contributed by atoms with Crippen LogP contribution >= 0.6 is 23.4 Å². The highest BCUT2D eigenvalue weighted by atomic mass is 35.5. The molecule has 4 nitrogen and oxygen atoms in total. The highest BCUT2D eigenvalue weighted by Gasteiger charge is 2.08. The van der Waals surface area contributed by atoms with Crippen LogP contribution in [0.2, 0.25) is 5.02 Å². The highest BCUT2D eigenvalue weighted by molar-refractivity contribution is 7.98. The zero-order chi connectivity index (χ0) is 19.2. The minimum absolute atomic E-state index is 0.511. The van der Waals surface area contributed by atoms with E-state index < -0.39 is 0 Å². The third-order valence-electron chi connectivity index (χ3n) is 3.87. The Morgan fingerprint density at radius 3 is 2.74 bits per heavy atom. The Bertz CT molecular complexity index is 1000. The fraction of sp³-hybridized carbons (Fsp3) is 0.190. The maximum Gasteiger partial charge on any atom is 0.223 e. The van der Waals surface area contributed by atoms with Crippen LogP contribution in [0.5, 0.6) is 11.6 Å². The summed E-state index contributed by atoms with van der Waals surface area (Å²) in [4.78, 5) is 9.09. The number of benzene rings is 2. The molecule has 3 aromatic rings. The molecule has 0 aliphatic rings. The van der Waals surface area contributed by atoms with Gasteiger partial charge in [0.2, 0.25) is 5.88 Å². The lowest BCUT2D eigenvalue weighted by Crippen LogP contribution is -1.97. The lowest BCUT2D eigenvalue weighted by molar-refractivity contribution is 0.453. The van der Waals surface area contributed by atoms with Gasteiger partial charge in [0.1, 0.15) is 5.75 Å². The van der Waals surface area contributed by atoms with Crippen molar-refractivity contribution >= 4 is 23.4 Å². The van der Waals surface area contributed by atoms with Crippen LogP contribution in [0, 0.1) is 18.3 Å². The van der Waals surface area contributed by atoms with E-state index in [0.717, 1.165) is 23.2 Å². The predicted molar refractivity (Wildman–Crippen MR) is 108 cm³/mol. The minimum atomic E-state index is 0.511. The number of aromatic nitrogens is 2. The average Bonchev–Trinajstić information content (AvgIpc) is 2.69. The second-order valence-electron chi connectivity index (χ2n) is 5.95. The Hall–Kier alpha value is -2.55. The zero-order valence-corrected chi connectivity index (χ0v) is 16.6. The summed E-state index contributed by atoms with van der Waals surface area (Å²) in [5.74, 6) is 1.88. The molecule has 0 amide bonds. The number of hydrogen-bond donors (Lipinski definition) is 0. The van der Waals surface area contributed by atoms with Gasteiger partial charge in [-0.15, -0.1) is 0 Å². The van der Waals surface area contributed by atoms with Crippen LogP contribution < -0.4 is 4.74 Å². The number of nitriles is 1. The molecule has 2 aromatic carbocycles. The van der Waals surface area contributed by atoms with Gasteiger partial charge in [-0.05, 0) is 54.8 Å². The molecule has 0 bridgehead atoms. The molecule has 1 aromatic heterocycles. The van der Waals surface area contributed by atoms with E-state index in [0.29, 0.717) is 33.1 Å². The van der Waals surface area contributed by atoms with Crippen molar-refractivity contribution < 1.29 is 4.74 Å². The standard InChI is InChI=1S/C21H18ClN3OS/c1-3-17-11-20(26-18-7-8-19(22)14(2)9-18)25-21(24-17)27-13-16-6-4-5-15(10-16)12-23/h4-11H,3,13H2,1-2H3. The summed E-state index contributed by atoms with van der Waals surface area (Å²) in [7, 11) is 0. The number of aryl methyl sites for hydroxylation is 2. The van der Waals surface area contributed by atoms with Crippen molar-refractivity contribution in [2.24, 2.45) is 0 Å². The third kappa shape index (κ3) is 5.22. The van der Waals surface area contributed by atoms with Crippen molar-refractivity contribution in [3.05, 3.63) is 75.9 Å². The predicted octanol–water partition coefficient (Wildman–Crippen LogP) is 5.96. The summed E-state index contributed by atoms with van der Waals surface area (Å²) in [5, 5.41) is 10.4. The monoisotopic (exact) mass is 395 g/mol. The van der Waals surface area contributed by atoms with Gasteiger partial charge in [0.25, 0.3) is 0 Å². The van der Waals surface area contributed by atoms with Crippen LogP contribution in [-0.4, -0.2) is 9.97 Å². The zero-order valence-electron chi connectivity index (χ0n) is 15.1. The van der Waals surface area contributed by atoms with Crippen molar-refractivity contribution in [3.8, 4) is 17.7 Å². The lowest BCUT2D eigenvalue weighted by Gasteiger charge is -2.09. The first kappa shape index (κ1) is 19.2. The topological polar surface area (TPSA) is 58.8 Å². The highest BCUT2D eigenvalue weighted by Crippen LogP contribution is 2.28. The van der Waals surface area contributed by atoms with Gasteiger partial charge in [-0.25, -0.2) is 4.98 Å². The molecule has 0 fully saturated rings. The molecule has 0 unspecified atom stereocenters. The van der Waals surface area contributed by atoms with Gasteiger partial charge >= 0.3 is 0 Å². The van der Waals surface area contributed by atoms with Gasteiger partial charge < -0.3 is 4.74 Å². The van der Waals surface area contributed by atoms with Gasteiger partial charge in [0.15, 0.2) is 5.16 Å². The third-order valence-corrected chi connectivity index (χ3v) is 5.22. The van der Waals surface area contributed by atoms with Crippen molar-refractivity contribution in [2.75, 3.05) is 0 Å². The molecule has 0 atom stereocenters. The second-order valence-corrected chi connectivity index (χ2v) is 7.30. The van der Waals surface area contributed by atoms with Crippen LogP contribution in [0.25, 0.3) is 0 Å². The van der Waals surface area contributed by atoms with Crippen molar-refractivity contribution in [3.63, 3.8) is 0 Å². The lowest BCUT2D eigenvalue weighted by atomic mass is 10.2. The first-order valence-electron chi connectivity index (χ1n) is 8.51. The van der Waals surface area contributed by atoms with E-state index in [2.05, 4.69) is 16.0 Å². The number of ether oxygens (including phenoxy) is 1. The fourth-order valence-corrected chi connectivity index (χ4v) is 3.36. The molecule has 27 heavy (non-hydrogen) atoms. The van der Waals surface area contributed by atoms with E-state index >= 15 is 0 Å². The molecule has 0 spiro atoms. The van der Waals surface area contributed by atoms with Crippen molar-refractivity contribution in [1.82, 2.24) is 9.97 Å². The van der Waals surface area contributed by atoms with E-state index in [4.69, 9.17) is 21.6 Å². The summed E-state index contributed by atoms with van der Waals surface area (Å²) in [5.41, 5.74) is 3.57. The maximum absolute atomic E-state index is 9.02. The van der Waals surface area contributed by atoms with Crippen molar-refractivity contribution in [1.29, 1.82) is 5.26 Å². The molecule has 1 heterocycles. The molecule has 0 saturated carbocycles. The van der Waals surface area contributed by atoms with Crippen LogP contribution in [0.15, 0.2) is 53.7 Å². The average molecular weight is 396 g/mol. The van der Waals surface area contributed by atoms with Crippen LogP contribution in [-0.2, 0) is 12.2 Å². The SMILES string of the molecule is CCc1cc(Oc2ccc(Cl)c(C)c2)nc(SCc2cccc(C#N)c2)n1. The summed E-state index contributed by atoms with van der Waals surface area (Å²) in [6.07, 6.45) is 0.788. The smallest absolute Gasteiger partial charge is 0.223 e. The van der Waals surface area contributed by atoms with Gasteiger partial charge in [-0.2, -0.15) is 10.2 Å². The Morgan fingerprint density at radius 2 is 2.00 bits per heavy atom. The maximum atomic E-state index is 9.02. The number of hydrogen-bond acceptors (Lipinski definition) is 5. The summed E-state index contributed by atoms with van der Waals surface area (Å²) >= 11 is 7.59. The molecule has 0 radical (unpaired) electrons. The molecule has 0 aliphatic heterocycles. The van der Waals surface area contributed by atoms with E-state index in [1.807, 2.05) is 56.3 Å². The fourth-order valence-electron chi connectivity index (χ4n) is 2.43. The van der Waals surface area contributed by atoms with E-state index in [9.17, 15) is 0 Å². The molecule has 6 heteroatoms. The van der Waals surface area contributed by atoms with Gasteiger partial charge in [0, 0.05) is 22.5 Å². The molecule has 136 valence electrons. The summed E-state index contributed by atoms with van der Waals surface area (Å²) < 4.78 is 5.92. The number of halogens is 1. The van der Waals surface area contributed by atoms with E-state index in [1.54, 1.807) is 6.07 Å². The van der Waals surface area contributed by atoms with Gasteiger partial charge in [0.05, 0.1) is 11.6 Å². The Morgan fingerprint density at radius 1 is 1.15 bits per heavy atom. The Kier molecular flexibility index (Phi) is 6.33. The Labute approximate surface area is 168 Å². The second kappa shape index (κ2) is 8.90. The first-order chi connectivity index (χ1) is 13.1. The number of thioether (sulfide) groups is 1. The van der Waals surface area contributed by atoms with Gasteiger partial charge in [-0.1, -0.05) is 42.4 Å². The first-order valence-corrected chi connectivity index (χ1v) is 9.87. The summed E-state index contributed by atoms with van der Waals surface area (Å²) in [6.45, 7) is 3.98. The summed E-state index contributed by atoms with van der Waals surface area (Å²) in [6, 6.07) is 17.1. The number of nitrogens with zero attached hydrogens (tertiary/aromatic N) is 3. The Balaban J connectivity index is 1.78. The molecule has 0 N–H and O–H groups in total. The van der Waals surface area contributed by atoms with Gasteiger partial charge in [-0.3, -0.25) is 0 Å². The van der Waals surface area contributed by atoms with Crippen LogP contribution in [0.3, 0.4) is 0 Å². The van der Waals surface area contributed by atoms with E-state index in [-0.39, 0.29) is 0 Å². The normalized spacial score (nSPS) is 10.4. The largest absolute Gasteiger partial charge is 0.439 e. The molecule has 0 aliphatic carbocycles. The van der Waals surface area contributed by atoms with Crippen LogP contribution in [0.1, 0.15) is 29.3 Å². The molecule has 3 rings (SSSR count). The quantitative estimate of drug-likeness (QED) is 0.381. The van der Waals surface area contributed by atoms with E-state index in [1.165, 1.54) is 11.8 Å². The molecule has 0 saturated heterocycles. The van der Waals surface area contributed by atoms with Crippen LogP contribution in [0.4, 0.5) is 0 Å². The van der Waals surface area contributed by atoms with Crippen molar-refractivity contribution in [2.45, 2.75) is 31.2 Å². The number of rotatable bonds is 6. The molecular weight excluding hydrogens is 378 g/mol. The molecular formula is C21H18ClN3OS. The minimum Gasteiger partial charge on any atom is -0.439 e.